The van der Waals surface area contributed by atoms with E-state index in [2.05, 4.69) is 4.98 Å². The molecule has 1 aliphatic heterocycles. The van der Waals surface area contributed by atoms with Crippen molar-refractivity contribution in [1.29, 1.82) is 0 Å². The van der Waals surface area contributed by atoms with E-state index in [0.717, 1.165) is 16.3 Å². The Labute approximate surface area is 146 Å². The van der Waals surface area contributed by atoms with E-state index >= 15 is 0 Å². The summed E-state index contributed by atoms with van der Waals surface area (Å²) >= 11 is 1.56. The normalized spacial score (nSPS) is 19.3. The minimum atomic E-state index is -2.93. The lowest BCUT2D eigenvalue weighted by atomic mass is 10.0. The number of aromatic nitrogens is 1. The van der Waals surface area contributed by atoms with E-state index < -0.39 is 9.84 Å². The Balaban J connectivity index is 1.58. The van der Waals surface area contributed by atoms with Gasteiger partial charge >= 0.3 is 0 Å². The molecule has 1 atom stereocenters. The number of carbonyl (C=O) groups excluding carboxylic acids is 1. The first kappa shape index (κ1) is 17.1. The molecule has 1 amide bonds. The van der Waals surface area contributed by atoms with Crippen LogP contribution < -0.4 is 0 Å². The van der Waals surface area contributed by atoms with Crippen LogP contribution in [0.1, 0.15) is 18.5 Å². The average molecular weight is 364 g/mol. The van der Waals surface area contributed by atoms with E-state index in [1.54, 1.807) is 23.3 Å². The van der Waals surface area contributed by atoms with Crippen LogP contribution in [0.3, 0.4) is 0 Å². The molecule has 2 heterocycles. The van der Waals surface area contributed by atoms with Gasteiger partial charge in [-0.05, 0) is 12.3 Å². The van der Waals surface area contributed by atoms with E-state index in [-0.39, 0.29) is 23.3 Å². The predicted octanol–water partition coefficient (Wildman–Crippen LogP) is 2.59. The van der Waals surface area contributed by atoms with Crippen molar-refractivity contribution in [3.63, 3.8) is 0 Å². The second-order valence-electron chi connectivity index (χ2n) is 6.23. The van der Waals surface area contributed by atoms with Crippen molar-refractivity contribution in [2.24, 2.45) is 5.92 Å². The minimum absolute atomic E-state index is 0.0219. The third-order valence-electron chi connectivity index (χ3n) is 4.19. The van der Waals surface area contributed by atoms with Crippen LogP contribution in [0, 0.1) is 5.92 Å². The van der Waals surface area contributed by atoms with Crippen molar-refractivity contribution in [1.82, 2.24) is 9.88 Å². The zero-order chi connectivity index (χ0) is 17.2. The number of carbonyl (C=O) groups is 1. The van der Waals surface area contributed by atoms with Gasteiger partial charge in [-0.3, -0.25) is 4.79 Å². The van der Waals surface area contributed by atoms with Crippen LogP contribution in [0.5, 0.6) is 0 Å². The zero-order valence-electron chi connectivity index (χ0n) is 13.5. The second-order valence-corrected chi connectivity index (χ2v) is 9.32. The van der Waals surface area contributed by atoms with Crippen molar-refractivity contribution >= 4 is 27.1 Å². The molecule has 0 aliphatic carbocycles. The number of amides is 1. The van der Waals surface area contributed by atoms with Crippen molar-refractivity contribution in [3.05, 3.63) is 41.4 Å². The van der Waals surface area contributed by atoms with Gasteiger partial charge in [-0.1, -0.05) is 30.3 Å². The van der Waals surface area contributed by atoms with Crippen molar-refractivity contribution in [2.75, 3.05) is 18.6 Å². The Morgan fingerprint density at radius 1 is 1.33 bits per heavy atom. The number of rotatable bonds is 5. The highest BCUT2D eigenvalue weighted by Crippen LogP contribution is 2.25. The SMILES string of the molecule is CN(Cc1csc(-c2ccccc2)n1)C(=O)C[C@@H]1CCS(=O)(=O)C1. The Hall–Kier alpha value is -1.73. The topological polar surface area (TPSA) is 67.3 Å². The number of thiazole rings is 1. The van der Waals surface area contributed by atoms with Crippen molar-refractivity contribution < 1.29 is 13.2 Å². The fourth-order valence-corrected chi connectivity index (χ4v) is 5.54. The Morgan fingerprint density at radius 2 is 2.08 bits per heavy atom. The summed E-state index contributed by atoms with van der Waals surface area (Å²) in [6, 6.07) is 9.94. The molecule has 0 saturated carbocycles. The second kappa shape index (κ2) is 7.03. The molecule has 0 bridgehead atoms. The zero-order valence-corrected chi connectivity index (χ0v) is 15.1. The van der Waals surface area contributed by atoms with Gasteiger partial charge in [0.1, 0.15) is 5.01 Å². The maximum absolute atomic E-state index is 12.3. The van der Waals surface area contributed by atoms with E-state index in [9.17, 15) is 13.2 Å². The predicted molar refractivity (Wildman–Crippen MR) is 95.4 cm³/mol. The molecule has 24 heavy (non-hydrogen) atoms. The van der Waals surface area contributed by atoms with Crippen molar-refractivity contribution in [3.8, 4) is 10.6 Å². The summed E-state index contributed by atoms with van der Waals surface area (Å²) in [6.45, 7) is 0.446. The monoisotopic (exact) mass is 364 g/mol. The lowest BCUT2D eigenvalue weighted by molar-refractivity contribution is -0.131. The lowest BCUT2D eigenvalue weighted by Gasteiger charge is -2.17. The molecule has 1 aromatic heterocycles. The van der Waals surface area contributed by atoms with Crippen molar-refractivity contribution in [2.45, 2.75) is 19.4 Å². The summed E-state index contributed by atoms with van der Waals surface area (Å²) in [4.78, 5) is 18.5. The third-order valence-corrected chi connectivity index (χ3v) is 6.96. The van der Waals surface area contributed by atoms with Crippen LogP contribution in [0.4, 0.5) is 0 Å². The minimum Gasteiger partial charge on any atom is -0.340 e. The first-order valence-corrected chi connectivity index (χ1v) is 10.6. The summed E-state index contributed by atoms with van der Waals surface area (Å²) in [5.74, 6) is 0.287. The molecular formula is C17H20N2O3S2. The average Bonchev–Trinajstić information content (AvgIpc) is 3.14. The van der Waals surface area contributed by atoms with Crippen LogP contribution in [-0.4, -0.2) is 42.8 Å². The molecule has 5 nitrogen and oxygen atoms in total. The molecule has 0 radical (unpaired) electrons. The Bertz CT molecular complexity index is 815. The van der Waals surface area contributed by atoms with E-state index in [4.69, 9.17) is 0 Å². The van der Waals surface area contributed by atoms with E-state index in [1.165, 1.54) is 0 Å². The molecule has 1 aliphatic rings. The number of benzene rings is 1. The van der Waals surface area contributed by atoms with Gasteiger partial charge in [0, 0.05) is 24.4 Å². The number of nitrogens with zero attached hydrogens (tertiary/aromatic N) is 2. The Kier molecular flexibility index (Phi) is 5.01. The first-order valence-electron chi connectivity index (χ1n) is 7.87. The molecular weight excluding hydrogens is 344 g/mol. The van der Waals surface area contributed by atoms with Gasteiger partial charge in [0.25, 0.3) is 0 Å². The van der Waals surface area contributed by atoms with E-state index in [0.29, 0.717) is 19.4 Å². The molecule has 1 saturated heterocycles. The molecule has 128 valence electrons. The highest BCUT2D eigenvalue weighted by Gasteiger charge is 2.30. The van der Waals surface area contributed by atoms with Crippen LogP contribution in [0.15, 0.2) is 35.7 Å². The third kappa shape index (κ3) is 4.21. The van der Waals surface area contributed by atoms with Gasteiger partial charge < -0.3 is 4.90 Å². The van der Waals surface area contributed by atoms with Gasteiger partial charge in [-0.15, -0.1) is 11.3 Å². The molecule has 2 aromatic rings. The maximum atomic E-state index is 12.3. The number of sulfone groups is 1. The number of hydrogen-bond donors (Lipinski definition) is 0. The molecule has 1 aromatic carbocycles. The molecule has 7 heteroatoms. The fraction of sp³-hybridized carbons (Fsp3) is 0.412. The van der Waals surface area contributed by atoms with Crippen LogP contribution in [-0.2, 0) is 21.2 Å². The summed E-state index contributed by atoms with van der Waals surface area (Å²) in [5, 5.41) is 2.90. The van der Waals surface area contributed by atoms with Gasteiger partial charge in [0.05, 0.1) is 23.7 Å². The highest BCUT2D eigenvalue weighted by molar-refractivity contribution is 7.91. The smallest absolute Gasteiger partial charge is 0.222 e. The summed E-state index contributed by atoms with van der Waals surface area (Å²) < 4.78 is 23.0. The van der Waals surface area contributed by atoms with Gasteiger partial charge in [0.2, 0.25) is 5.91 Å². The number of hydrogen-bond acceptors (Lipinski definition) is 5. The van der Waals surface area contributed by atoms with E-state index in [1.807, 2.05) is 35.7 Å². The first-order chi connectivity index (χ1) is 11.4. The Morgan fingerprint density at radius 3 is 2.75 bits per heavy atom. The summed E-state index contributed by atoms with van der Waals surface area (Å²) in [7, 11) is -1.19. The molecule has 1 fully saturated rings. The molecule has 3 rings (SSSR count). The fourth-order valence-electron chi connectivity index (χ4n) is 2.86. The molecule has 0 N–H and O–H groups in total. The molecule has 0 unspecified atom stereocenters. The standard InChI is InChI=1S/C17H20N2O3S2/c1-19(16(20)9-13-7-8-24(21,22)12-13)10-15-11-23-17(18-15)14-5-3-2-4-6-14/h2-6,11,13H,7-10,12H2,1H3/t13-/m0/s1. The lowest BCUT2D eigenvalue weighted by Crippen LogP contribution is -2.28. The van der Waals surface area contributed by atoms with Gasteiger partial charge in [0.15, 0.2) is 9.84 Å². The summed E-state index contributed by atoms with van der Waals surface area (Å²) in [6.07, 6.45) is 0.891. The molecule has 0 spiro atoms. The van der Waals surface area contributed by atoms with Crippen LogP contribution in [0.25, 0.3) is 10.6 Å². The highest BCUT2D eigenvalue weighted by atomic mass is 32.2. The maximum Gasteiger partial charge on any atom is 0.222 e. The van der Waals surface area contributed by atoms with Gasteiger partial charge in [-0.2, -0.15) is 0 Å². The summed E-state index contributed by atoms with van der Waals surface area (Å²) in [5.41, 5.74) is 1.92. The van der Waals surface area contributed by atoms with Gasteiger partial charge in [-0.25, -0.2) is 13.4 Å². The van der Waals surface area contributed by atoms with Crippen LogP contribution in [0.2, 0.25) is 0 Å². The largest absolute Gasteiger partial charge is 0.340 e. The quantitative estimate of drug-likeness (QED) is 0.818. The van der Waals surface area contributed by atoms with Crippen LogP contribution >= 0.6 is 11.3 Å².